The van der Waals surface area contributed by atoms with Crippen molar-refractivity contribution in [3.05, 3.63) is 27.7 Å². The number of carbonyl (C=O) groups excluding carboxylic acids is 1. The van der Waals surface area contributed by atoms with E-state index in [0.717, 1.165) is 4.47 Å². The first-order valence-electron chi connectivity index (χ1n) is 5.70. The summed E-state index contributed by atoms with van der Waals surface area (Å²) in [6, 6.07) is 5.06. The smallest absolute Gasteiger partial charge is 0.225 e. The van der Waals surface area contributed by atoms with Crippen LogP contribution in [0, 0.1) is 5.41 Å². The molecule has 0 heterocycles. The Bertz CT molecular complexity index is 443. The highest BCUT2D eigenvalue weighted by molar-refractivity contribution is 9.10. The number of amides is 1. The van der Waals surface area contributed by atoms with Crippen LogP contribution in [0.25, 0.3) is 0 Å². The third-order valence-electron chi connectivity index (χ3n) is 2.72. The maximum Gasteiger partial charge on any atom is 0.225 e. The molecule has 1 aromatic rings. The van der Waals surface area contributed by atoms with E-state index in [0.29, 0.717) is 10.7 Å². The molecule has 1 rings (SSSR count). The van der Waals surface area contributed by atoms with Crippen molar-refractivity contribution < 1.29 is 4.79 Å². The van der Waals surface area contributed by atoms with Gasteiger partial charge < -0.3 is 11.1 Å². The van der Waals surface area contributed by atoms with Gasteiger partial charge in [-0.15, -0.1) is 0 Å². The molecule has 0 aliphatic carbocycles. The maximum absolute atomic E-state index is 11.9. The van der Waals surface area contributed by atoms with E-state index < -0.39 is 0 Å². The van der Waals surface area contributed by atoms with Gasteiger partial charge >= 0.3 is 0 Å². The Labute approximate surface area is 121 Å². The lowest BCUT2D eigenvalue weighted by Crippen LogP contribution is -2.38. The average molecular weight is 334 g/mol. The van der Waals surface area contributed by atoms with E-state index in [1.807, 2.05) is 20.8 Å². The molecule has 3 N–H and O–H groups in total. The van der Waals surface area contributed by atoms with Crippen LogP contribution in [-0.4, -0.2) is 11.9 Å². The molecule has 1 unspecified atom stereocenters. The SMILES string of the molecule is CC(C)(C)C(N)CC(=O)Nc1cc(Cl)ccc1Br. The summed E-state index contributed by atoms with van der Waals surface area (Å²) in [7, 11) is 0. The van der Waals surface area contributed by atoms with Crippen LogP contribution in [-0.2, 0) is 4.79 Å². The second kappa shape index (κ2) is 6.04. The number of nitrogens with one attached hydrogen (secondary N) is 1. The Balaban J connectivity index is 2.68. The first-order chi connectivity index (χ1) is 8.20. The number of hydrogen-bond donors (Lipinski definition) is 2. The predicted molar refractivity (Wildman–Crippen MR) is 79.8 cm³/mol. The van der Waals surface area contributed by atoms with Gasteiger partial charge in [-0.25, -0.2) is 0 Å². The summed E-state index contributed by atoms with van der Waals surface area (Å²) in [5.74, 6) is -0.111. The van der Waals surface area contributed by atoms with Crippen LogP contribution >= 0.6 is 27.5 Å². The second-order valence-corrected chi connectivity index (χ2v) is 6.64. The number of nitrogens with two attached hydrogens (primary N) is 1. The molecule has 18 heavy (non-hydrogen) atoms. The fourth-order valence-corrected chi connectivity index (χ4v) is 1.82. The number of rotatable bonds is 3. The average Bonchev–Trinajstić information content (AvgIpc) is 2.22. The van der Waals surface area contributed by atoms with Gasteiger partial charge in [-0.1, -0.05) is 32.4 Å². The van der Waals surface area contributed by atoms with E-state index in [2.05, 4.69) is 21.2 Å². The Morgan fingerprint density at radius 1 is 1.50 bits per heavy atom. The van der Waals surface area contributed by atoms with E-state index in [4.69, 9.17) is 17.3 Å². The van der Waals surface area contributed by atoms with E-state index in [-0.39, 0.29) is 23.8 Å². The van der Waals surface area contributed by atoms with Crippen molar-refractivity contribution >= 4 is 39.1 Å². The standard InChI is InChI=1S/C13H18BrClN2O/c1-13(2,3)11(16)7-12(18)17-10-6-8(15)4-5-9(10)14/h4-6,11H,7,16H2,1-3H3,(H,17,18). The highest BCUT2D eigenvalue weighted by atomic mass is 79.9. The molecule has 100 valence electrons. The largest absolute Gasteiger partial charge is 0.327 e. The van der Waals surface area contributed by atoms with Gasteiger partial charge in [0.2, 0.25) is 5.91 Å². The molecule has 3 nitrogen and oxygen atoms in total. The van der Waals surface area contributed by atoms with E-state index in [1.165, 1.54) is 0 Å². The summed E-state index contributed by atoms with van der Waals surface area (Å²) >= 11 is 9.24. The van der Waals surface area contributed by atoms with Gasteiger partial charge in [0.15, 0.2) is 0 Å². The highest BCUT2D eigenvalue weighted by Gasteiger charge is 2.23. The summed E-state index contributed by atoms with van der Waals surface area (Å²) in [6.07, 6.45) is 0.280. The first kappa shape index (κ1) is 15.5. The Kier molecular flexibility index (Phi) is 5.20. The van der Waals surface area contributed by atoms with Gasteiger partial charge in [-0.05, 0) is 39.5 Å². The molecule has 0 saturated heterocycles. The number of benzene rings is 1. The molecule has 1 aromatic carbocycles. The predicted octanol–water partition coefficient (Wildman–Crippen LogP) is 3.80. The van der Waals surface area contributed by atoms with Crippen LogP contribution in [0.4, 0.5) is 5.69 Å². The van der Waals surface area contributed by atoms with Crippen LogP contribution in [0.5, 0.6) is 0 Å². The molecule has 0 aromatic heterocycles. The molecular formula is C13H18BrClN2O. The monoisotopic (exact) mass is 332 g/mol. The van der Waals surface area contributed by atoms with Gasteiger partial charge in [0.05, 0.1) is 5.69 Å². The van der Waals surface area contributed by atoms with Crippen LogP contribution < -0.4 is 11.1 Å². The number of anilines is 1. The van der Waals surface area contributed by atoms with E-state index in [9.17, 15) is 4.79 Å². The van der Waals surface area contributed by atoms with Crippen molar-refractivity contribution in [1.82, 2.24) is 0 Å². The minimum Gasteiger partial charge on any atom is -0.327 e. The first-order valence-corrected chi connectivity index (χ1v) is 6.87. The zero-order valence-electron chi connectivity index (χ0n) is 10.8. The maximum atomic E-state index is 11.9. The highest BCUT2D eigenvalue weighted by Crippen LogP contribution is 2.26. The minimum atomic E-state index is -0.185. The third kappa shape index (κ3) is 4.59. The topological polar surface area (TPSA) is 55.1 Å². The Hall–Kier alpha value is -0.580. The zero-order valence-corrected chi connectivity index (χ0v) is 13.1. The number of halogens is 2. The molecule has 0 saturated carbocycles. The normalized spacial score (nSPS) is 13.2. The molecule has 0 radical (unpaired) electrons. The molecule has 0 aliphatic rings. The van der Waals surface area contributed by atoms with Gasteiger partial charge in [-0.2, -0.15) is 0 Å². The van der Waals surface area contributed by atoms with Gasteiger partial charge in [-0.3, -0.25) is 4.79 Å². The van der Waals surface area contributed by atoms with E-state index in [1.54, 1.807) is 18.2 Å². The molecule has 0 bridgehead atoms. The van der Waals surface area contributed by atoms with Crippen molar-refractivity contribution in [2.45, 2.75) is 33.2 Å². The van der Waals surface area contributed by atoms with E-state index >= 15 is 0 Å². The molecule has 1 atom stereocenters. The lowest BCUT2D eigenvalue weighted by Gasteiger charge is -2.26. The molecule has 0 fully saturated rings. The van der Waals surface area contributed by atoms with Crippen molar-refractivity contribution in [2.24, 2.45) is 11.1 Å². The second-order valence-electron chi connectivity index (χ2n) is 5.35. The van der Waals surface area contributed by atoms with Crippen molar-refractivity contribution in [3.8, 4) is 0 Å². The van der Waals surface area contributed by atoms with Crippen molar-refractivity contribution in [2.75, 3.05) is 5.32 Å². The molecule has 1 amide bonds. The number of carbonyl (C=O) groups is 1. The van der Waals surface area contributed by atoms with Gasteiger partial charge in [0.1, 0.15) is 0 Å². The fraction of sp³-hybridized carbons (Fsp3) is 0.462. The van der Waals surface area contributed by atoms with Crippen molar-refractivity contribution in [3.63, 3.8) is 0 Å². The lowest BCUT2D eigenvalue weighted by atomic mass is 9.85. The minimum absolute atomic E-state index is 0.0943. The Morgan fingerprint density at radius 3 is 2.67 bits per heavy atom. The molecule has 0 spiro atoms. The van der Waals surface area contributed by atoms with Crippen LogP contribution in [0.1, 0.15) is 27.2 Å². The summed E-state index contributed by atoms with van der Waals surface area (Å²) < 4.78 is 0.796. The number of hydrogen-bond acceptors (Lipinski definition) is 2. The molecule has 0 aliphatic heterocycles. The Morgan fingerprint density at radius 2 is 2.11 bits per heavy atom. The van der Waals surface area contributed by atoms with Crippen LogP contribution in [0.2, 0.25) is 5.02 Å². The van der Waals surface area contributed by atoms with Gasteiger partial charge in [0.25, 0.3) is 0 Å². The van der Waals surface area contributed by atoms with Crippen LogP contribution in [0.15, 0.2) is 22.7 Å². The summed E-state index contributed by atoms with van der Waals surface area (Å²) in [5.41, 5.74) is 6.54. The summed E-state index contributed by atoms with van der Waals surface area (Å²) in [4.78, 5) is 11.9. The third-order valence-corrected chi connectivity index (χ3v) is 3.65. The molecular weight excluding hydrogens is 316 g/mol. The van der Waals surface area contributed by atoms with Crippen molar-refractivity contribution in [1.29, 1.82) is 0 Å². The fourth-order valence-electron chi connectivity index (χ4n) is 1.30. The van der Waals surface area contributed by atoms with Gasteiger partial charge in [0, 0.05) is 22.0 Å². The summed E-state index contributed by atoms with van der Waals surface area (Å²) in [6.45, 7) is 6.04. The zero-order chi connectivity index (χ0) is 13.9. The summed E-state index contributed by atoms with van der Waals surface area (Å²) in [5, 5.41) is 3.38. The molecule has 5 heteroatoms. The van der Waals surface area contributed by atoms with Crippen LogP contribution in [0.3, 0.4) is 0 Å². The quantitative estimate of drug-likeness (QED) is 0.884. The lowest BCUT2D eigenvalue weighted by molar-refractivity contribution is -0.117.